The van der Waals surface area contributed by atoms with Gasteiger partial charge in [0.15, 0.2) is 11.4 Å². The van der Waals surface area contributed by atoms with Crippen molar-refractivity contribution in [3.63, 3.8) is 0 Å². The van der Waals surface area contributed by atoms with Crippen LogP contribution >= 0.6 is 22.6 Å². The van der Waals surface area contributed by atoms with E-state index in [1.54, 1.807) is 27.7 Å². The fourth-order valence-corrected chi connectivity index (χ4v) is 1.35. The molecule has 0 bridgehead atoms. The van der Waals surface area contributed by atoms with Gasteiger partial charge in [-0.2, -0.15) is 20.6 Å². The molecule has 0 amide bonds. The van der Waals surface area contributed by atoms with Gasteiger partial charge in [-0.3, -0.25) is 4.79 Å². The van der Waals surface area contributed by atoms with E-state index < -0.39 is 11.9 Å². The maximum atomic E-state index is 11.0. The summed E-state index contributed by atoms with van der Waals surface area (Å²) in [6.07, 6.45) is 1.25. The molecule has 0 atom stereocenters. The van der Waals surface area contributed by atoms with Crippen molar-refractivity contribution in [2.75, 3.05) is 17.6 Å². The molecule has 0 spiro atoms. The fourth-order valence-electron chi connectivity index (χ4n) is 1.35. The van der Waals surface area contributed by atoms with Crippen molar-refractivity contribution in [3.8, 4) is 0 Å². The Hall–Kier alpha value is 0.653. The number of H-pyrrole nitrogens is 2. The molecular formula is C18H33IK2N6O7. The van der Waals surface area contributed by atoms with Gasteiger partial charge in [-0.05, 0) is 32.1 Å². The number of aryl methyl sites for hydroxylation is 2. The van der Waals surface area contributed by atoms with Crippen LogP contribution in [0.25, 0.3) is 0 Å². The molecule has 13 nitrogen and oxygen atoms in total. The van der Waals surface area contributed by atoms with Crippen LogP contribution in [0.15, 0.2) is 0 Å². The number of alkyl halides is 1. The number of hydrogen-bond donors (Lipinski definition) is 2. The number of hydrogen-bond acceptors (Lipinski definition) is 11. The predicted octanol–water partition coefficient (Wildman–Crippen LogP) is -4.01. The van der Waals surface area contributed by atoms with E-state index in [-0.39, 0.29) is 122 Å². The molecule has 16 heteroatoms. The third kappa shape index (κ3) is 25.7. The van der Waals surface area contributed by atoms with Gasteiger partial charge in [0.05, 0.1) is 24.6 Å². The summed E-state index contributed by atoms with van der Waals surface area (Å²) in [5.74, 6) is -0.863. The van der Waals surface area contributed by atoms with E-state index in [0.717, 1.165) is 0 Å². The molecule has 0 aromatic carbocycles. The summed E-state index contributed by atoms with van der Waals surface area (Å²) in [4.78, 5) is 33.2. The van der Waals surface area contributed by atoms with Crippen molar-refractivity contribution in [2.24, 2.45) is 0 Å². The van der Waals surface area contributed by atoms with Gasteiger partial charge in [0.25, 0.3) is 6.47 Å². The first-order valence-electron chi connectivity index (χ1n) is 9.62. The minimum absolute atomic E-state index is 0. The van der Waals surface area contributed by atoms with Crippen molar-refractivity contribution in [2.45, 2.75) is 54.9 Å². The molecule has 34 heavy (non-hydrogen) atoms. The Kier molecular flexibility index (Phi) is 44.2. The zero-order valence-corrected chi connectivity index (χ0v) is 29.8. The first-order chi connectivity index (χ1) is 15.2. The van der Waals surface area contributed by atoms with E-state index in [0.29, 0.717) is 24.6 Å². The molecule has 2 rings (SSSR count). The van der Waals surface area contributed by atoms with Crippen molar-refractivity contribution in [1.29, 1.82) is 0 Å². The molecule has 0 saturated heterocycles. The van der Waals surface area contributed by atoms with E-state index in [1.807, 2.05) is 0 Å². The molecule has 2 aromatic rings. The summed E-state index contributed by atoms with van der Waals surface area (Å²) < 4.78 is 10.6. The van der Waals surface area contributed by atoms with Gasteiger partial charge in [-0.1, -0.05) is 49.8 Å². The summed E-state index contributed by atoms with van der Waals surface area (Å²) in [6.45, 7) is 13.8. The molecule has 2 aromatic heterocycles. The molecule has 0 aliphatic heterocycles. The van der Waals surface area contributed by atoms with E-state index in [9.17, 15) is 9.59 Å². The number of nitrogens with one attached hydrogen (secondary N) is 2. The second-order valence-corrected chi connectivity index (χ2v) is 6.65. The number of carbonyl (C=O) groups is 3. The third-order valence-electron chi connectivity index (χ3n) is 2.42. The van der Waals surface area contributed by atoms with Crippen LogP contribution in [0.4, 0.5) is 0 Å². The van der Waals surface area contributed by atoms with Crippen molar-refractivity contribution >= 4 is 41.0 Å². The number of rotatable bonds is 5. The van der Waals surface area contributed by atoms with Crippen LogP contribution in [0.1, 0.15) is 74.8 Å². The van der Waals surface area contributed by atoms with Gasteiger partial charge in [-0.25, -0.2) is 9.59 Å². The standard InChI is InChI=1S/2C6H9N3O2.C3H8.C2H5I.CH2O3.2K.H/c2*1-3-11-6(10)5-4(2)7-9-8-5;1-3-2;1-2-3;2-1-4-3;;;/h2*3H2,1-2H3,(H,7,8,9);3H2,1-2H3;2H2,1H3;1,3H;;;/q;;;;;2*+1;-1/p-1. The molecule has 2 N–H and O–H groups in total. The van der Waals surface area contributed by atoms with Crippen molar-refractivity contribution < 1.29 is 138 Å². The maximum Gasteiger partial charge on any atom is 1.00 e. The summed E-state index contributed by atoms with van der Waals surface area (Å²) in [5, 5.41) is 27.7. The smallest absolute Gasteiger partial charge is 1.00 e. The monoisotopic (exact) mass is 650 g/mol. The quantitative estimate of drug-likeness (QED) is 0.0611. The van der Waals surface area contributed by atoms with Crippen LogP contribution in [0.5, 0.6) is 0 Å². The van der Waals surface area contributed by atoms with Crippen LogP contribution in [-0.4, -0.2) is 66.9 Å². The zero-order valence-electron chi connectivity index (χ0n) is 22.4. The van der Waals surface area contributed by atoms with E-state index in [2.05, 4.69) is 79.1 Å². The average molecular weight is 651 g/mol. The summed E-state index contributed by atoms with van der Waals surface area (Å²) in [6, 6.07) is 0. The van der Waals surface area contributed by atoms with E-state index in [1.165, 1.54) is 10.8 Å². The van der Waals surface area contributed by atoms with Gasteiger partial charge < -0.3 is 21.0 Å². The Morgan fingerprint density at radius 1 is 0.882 bits per heavy atom. The number of aromatic nitrogens is 6. The normalized spacial score (nSPS) is 7.91. The minimum atomic E-state index is -0.432. The molecular weight excluding hydrogens is 617 g/mol. The summed E-state index contributed by atoms with van der Waals surface area (Å²) in [7, 11) is 0. The van der Waals surface area contributed by atoms with Gasteiger partial charge >= 0.3 is 115 Å². The number of ether oxygens (including phenoxy) is 2. The third-order valence-corrected chi connectivity index (χ3v) is 2.42. The topological polar surface area (TPSA) is 185 Å². The van der Waals surface area contributed by atoms with Crippen molar-refractivity contribution in [3.05, 3.63) is 22.8 Å². The molecule has 0 saturated carbocycles. The minimum Gasteiger partial charge on any atom is -1.00 e. The number of esters is 2. The SMILES string of the molecule is CCC.CCI.CCOC(=O)c1n[nH]nc1C.CCOC(=O)c1n[nH]nc1C.O=CO[O-].[H-].[K+].[K+]. The molecule has 0 aliphatic rings. The Labute approximate surface area is 300 Å². The van der Waals surface area contributed by atoms with Crippen LogP contribution < -0.4 is 108 Å². The van der Waals surface area contributed by atoms with Crippen LogP contribution in [0, 0.1) is 13.8 Å². The largest absolute Gasteiger partial charge is 1.00 e. The molecule has 0 fully saturated rings. The van der Waals surface area contributed by atoms with Crippen LogP contribution in [-0.2, 0) is 19.2 Å². The number of carbonyl (C=O) groups excluding carboxylic acids is 3. The first kappa shape index (κ1) is 44.6. The number of halogens is 1. The first-order valence-corrected chi connectivity index (χ1v) is 11.1. The maximum absolute atomic E-state index is 11.0. The van der Waals surface area contributed by atoms with Gasteiger partial charge in [0, 0.05) is 0 Å². The zero-order chi connectivity index (χ0) is 25.4. The molecule has 186 valence electrons. The number of nitrogens with zero attached hydrogens (tertiary/aromatic N) is 4. The second-order valence-electron chi connectivity index (χ2n) is 5.12. The molecule has 0 unspecified atom stereocenters. The van der Waals surface area contributed by atoms with Crippen LogP contribution in [0.3, 0.4) is 0 Å². The Balaban J connectivity index is -0.0000000825. The van der Waals surface area contributed by atoms with Crippen molar-refractivity contribution in [1.82, 2.24) is 30.8 Å². The summed E-state index contributed by atoms with van der Waals surface area (Å²) in [5.41, 5.74) is 1.63. The van der Waals surface area contributed by atoms with E-state index >= 15 is 0 Å². The molecule has 2 heterocycles. The number of aromatic amines is 2. The summed E-state index contributed by atoms with van der Waals surface area (Å²) >= 11 is 2.29. The fraction of sp³-hybridized carbons (Fsp3) is 0.611. The van der Waals surface area contributed by atoms with Gasteiger partial charge in [0.2, 0.25) is 0 Å². The molecule has 0 radical (unpaired) electrons. The van der Waals surface area contributed by atoms with Crippen LogP contribution in [0.2, 0.25) is 0 Å². The van der Waals surface area contributed by atoms with Gasteiger partial charge in [0.1, 0.15) is 0 Å². The Bertz CT molecular complexity index is 686. The predicted molar refractivity (Wildman–Crippen MR) is 123 cm³/mol. The van der Waals surface area contributed by atoms with Gasteiger partial charge in [-0.15, -0.1) is 10.2 Å². The van der Waals surface area contributed by atoms with E-state index in [4.69, 9.17) is 19.5 Å². The Morgan fingerprint density at radius 3 is 1.29 bits per heavy atom. The average Bonchev–Trinajstić information content (AvgIpc) is 3.38. The Morgan fingerprint density at radius 2 is 1.15 bits per heavy atom. The second kappa shape index (κ2) is 33.7. The molecule has 0 aliphatic carbocycles.